The van der Waals surface area contributed by atoms with Crippen molar-refractivity contribution in [2.24, 2.45) is 5.92 Å². The van der Waals surface area contributed by atoms with Crippen molar-refractivity contribution in [3.05, 3.63) is 17.5 Å². The Morgan fingerprint density at radius 1 is 1.24 bits per heavy atom. The number of anilines is 1. The first kappa shape index (κ1) is 21.0. The van der Waals surface area contributed by atoms with Crippen LogP contribution in [0.5, 0.6) is 0 Å². The molecule has 1 aliphatic carbocycles. The lowest BCUT2D eigenvalue weighted by Crippen LogP contribution is -2.41. The van der Waals surface area contributed by atoms with Crippen molar-refractivity contribution in [2.45, 2.75) is 64.0 Å². The van der Waals surface area contributed by atoms with E-state index in [1.54, 1.807) is 6.20 Å². The Balaban J connectivity index is 1.24. The van der Waals surface area contributed by atoms with E-state index in [-0.39, 0.29) is 0 Å². The molecule has 1 saturated carbocycles. The monoisotopic (exact) mass is 421 g/mol. The highest BCUT2D eigenvalue weighted by Crippen LogP contribution is 2.43. The predicted octanol–water partition coefficient (Wildman–Crippen LogP) is 2.28. The second-order valence-corrected chi connectivity index (χ2v) is 11.5. The third-order valence-corrected chi connectivity index (χ3v) is 8.40. The van der Waals surface area contributed by atoms with Gasteiger partial charge in [-0.1, -0.05) is 0 Å². The standard InChI is InChI=1S/C21H35N5O2S/c1-21(9-10-21)25-12-6-17(7-13-25)5-4-11-24(2)20-22-15-18-16-26(29(3,27)28)14-8-19(18)23-20/h15,17H,4-14,16H2,1-3H3. The summed E-state index contributed by atoms with van der Waals surface area (Å²) >= 11 is 0. The zero-order valence-electron chi connectivity index (χ0n) is 18.1. The Bertz CT molecular complexity index is 831. The summed E-state index contributed by atoms with van der Waals surface area (Å²) in [6, 6.07) is 0. The largest absolute Gasteiger partial charge is 0.344 e. The molecule has 1 aromatic rings. The highest BCUT2D eigenvalue weighted by molar-refractivity contribution is 7.88. The van der Waals surface area contributed by atoms with E-state index in [9.17, 15) is 8.42 Å². The van der Waals surface area contributed by atoms with E-state index in [4.69, 9.17) is 4.98 Å². The number of fused-ring (bicyclic) bond motifs is 1. The average molecular weight is 422 g/mol. The minimum atomic E-state index is -3.16. The molecule has 8 heteroatoms. The maximum Gasteiger partial charge on any atom is 0.225 e. The van der Waals surface area contributed by atoms with Crippen LogP contribution in [0.25, 0.3) is 0 Å². The van der Waals surface area contributed by atoms with Crippen molar-refractivity contribution in [2.75, 3.05) is 44.4 Å². The van der Waals surface area contributed by atoms with Crippen molar-refractivity contribution in [1.29, 1.82) is 0 Å². The second-order valence-electron chi connectivity index (χ2n) is 9.48. The molecule has 29 heavy (non-hydrogen) atoms. The molecule has 0 bridgehead atoms. The summed E-state index contributed by atoms with van der Waals surface area (Å²) in [6.07, 6.45) is 11.6. The third-order valence-electron chi connectivity index (χ3n) is 7.15. The van der Waals surface area contributed by atoms with Crippen LogP contribution in [-0.4, -0.2) is 72.6 Å². The van der Waals surface area contributed by atoms with Crippen LogP contribution in [0.4, 0.5) is 5.95 Å². The van der Waals surface area contributed by atoms with Gasteiger partial charge < -0.3 is 4.90 Å². The number of likely N-dealkylation sites (tertiary alicyclic amines) is 1. The van der Waals surface area contributed by atoms with Crippen LogP contribution in [0.15, 0.2) is 6.20 Å². The van der Waals surface area contributed by atoms with Gasteiger partial charge in [0.2, 0.25) is 16.0 Å². The van der Waals surface area contributed by atoms with Crippen molar-refractivity contribution in [1.82, 2.24) is 19.2 Å². The normalized spacial score (nSPS) is 23.0. The maximum absolute atomic E-state index is 11.8. The lowest BCUT2D eigenvalue weighted by atomic mass is 9.91. The summed E-state index contributed by atoms with van der Waals surface area (Å²) in [5.74, 6) is 1.61. The summed E-state index contributed by atoms with van der Waals surface area (Å²) in [6.45, 7) is 6.82. The molecule has 0 amide bonds. The SMILES string of the molecule is CN(CCCC1CCN(C2(C)CC2)CC1)c1ncc2c(n1)CCN(S(C)(=O)=O)C2. The van der Waals surface area contributed by atoms with Crippen LogP contribution in [0.1, 0.15) is 56.7 Å². The van der Waals surface area contributed by atoms with Gasteiger partial charge in [0, 0.05) is 50.4 Å². The van der Waals surface area contributed by atoms with Gasteiger partial charge in [0.1, 0.15) is 0 Å². The average Bonchev–Trinajstić information content (AvgIpc) is 3.45. The third kappa shape index (κ3) is 4.91. The van der Waals surface area contributed by atoms with Crippen molar-refractivity contribution in [3.8, 4) is 0 Å². The molecule has 0 aromatic carbocycles. The Kier molecular flexibility index (Phi) is 5.88. The van der Waals surface area contributed by atoms with Gasteiger partial charge in [-0.3, -0.25) is 4.90 Å². The molecule has 1 aromatic heterocycles. The van der Waals surface area contributed by atoms with Gasteiger partial charge in [-0.15, -0.1) is 0 Å². The Morgan fingerprint density at radius 3 is 2.62 bits per heavy atom. The van der Waals surface area contributed by atoms with Crippen LogP contribution in [0.3, 0.4) is 0 Å². The molecule has 0 radical (unpaired) electrons. The number of hydrogen-bond acceptors (Lipinski definition) is 6. The zero-order valence-corrected chi connectivity index (χ0v) is 18.9. The van der Waals surface area contributed by atoms with E-state index in [0.29, 0.717) is 25.0 Å². The number of rotatable bonds is 7. The molecular weight excluding hydrogens is 386 g/mol. The van der Waals surface area contributed by atoms with E-state index >= 15 is 0 Å². The molecule has 162 valence electrons. The minimum Gasteiger partial charge on any atom is -0.344 e. The molecule has 0 N–H and O–H groups in total. The number of hydrogen-bond donors (Lipinski definition) is 0. The Morgan fingerprint density at radius 2 is 1.97 bits per heavy atom. The van der Waals surface area contributed by atoms with Crippen molar-refractivity contribution in [3.63, 3.8) is 0 Å². The van der Waals surface area contributed by atoms with Gasteiger partial charge in [0.15, 0.2) is 0 Å². The number of aromatic nitrogens is 2. The van der Waals surface area contributed by atoms with Gasteiger partial charge in [-0.25, -0.2) is 18.4 Å². The molecule has 2 aliphatic heterocycles. The van der Waals surface area contributed by atoms with E-state index < -0.39 is 10.0 Å². The van der Waals surface area contributed by atoms with E-state index in [1.807, 2.05) is 0 Å². The van der Waals surface area contributed by atoms with Crippen LogP contribution >= 0.6 is 0 Å². The van der Waals surface area contributed by atoms with E-state index in [0.717, 1.165) is 29.7 Å². The summed E-state index contributed by atoms with van der Waals surface area (Å²) in [4.78, 5) is 14.1. The van der Waals surface area contributed by atoms with Gasteiger partial charge in [0.25, 0.3) is 0 Å². The fourth-order valence-corrected chi connectivity index (χ4v) is 5.52. The lowest BCUT2D eigenvalue weighted by Gasteiger charge is -2.36. The first-order chi connectivity index (χ1) is 13.7. The van der Waals surface area contributed by atoms with Gasteiger partial charge in [-0.2, -0.15) is 4.31 Å². The minimum absolute atomic E-state index is 0.385. The molecule has 3 aliphatic rings. The highest BCUT2D eigenvalue weighted by atomic mass is 32.2. The molecule has 1 saturated heterocycles. The van der Waals surface area contributed by atoms with Crippen LogP contribution in [0.2, 0.25) is 0 Å². The first-order valence-electron chi connectivity index (χ1n) is 11.0. The molecule has 4 rings (SSSR count). The molecular formula is C21H35N5O2S. The zero-order chi connectivity index (χ0) is 20.6. The van der Waals surface area contributed by atoms with Crippen LogP contribution < -0.4 is 4.90 Å². The van der Waals surface area contributed by atoms with E-state index in [1.165, 1.54) is 62.2 Å². The molecule has 2 fully saturated rings. The number of nitrogens with zero attached hydrogens (tertiary/aromatic N) is 5. The predicted molar refractivity (Wildman–Crippen MR) is 115 cm³/mol. The fraction of sp³-hybridized carbons (Fsp3) is 0.810. The summed E-state index contributed by atoms with van der Waals surface area (Å²) < 4.78 is 25.0. The first-order valence-corrected chi connectivity index (χ1v) is 12.9. The summed E-state index contributed by atoms with van der Waals surface area (Å²) in [7, 11) is -1.10. The van der Waals surface area contributed by atoms with Crippen LogP contribution in [0, 0.1) is 5.92 Å². The summed E-state index contributed by atoms with van der Waals surface area (Å²) in [5.41, 5.74) is 2.45. The Hall–Kier alpha value is -1.25. The van der Waals surface area contributed by atoms with Crippen molar-refractivity contribution >= 4 is 16.0 Å². The molecule has 0 spiro atoms. The molecule has 3 heterocycles. The van der Waals surface area contributed by atoms with Gasteiger partial charge in [0.05, 0.1) is 11.9 Å². The molecule has 0 atom stereocenters. The topological polar surface area (TPSA) is 69.6 Å². The van der Waals surface area contributed by atoms with Crippen LogP contribution in [-0.2, 0) is 23.0 Å². The number of sulfonamides is 1. The van der Waals surface area contributed by atoms with Gasteiger partial charge in [-0.05, 0) is 64.5 Å². The summed E-state index contributed by atoms with van der Waals surface area (Å²) in [5, 5.41) is 0. The fourth-order valence-electron chi connectivity index (χ4n) is 4.72. The quantitative estimate of drug-likeness (QED) is 0.673. The second kappa shape index (κ2) is 8.12. The smallest absolute Gasteiger partial charge is 0.225 e. The lowest BCUT2D eigenvalue weighted by molar-refractivity contribution is 0.123. The molecule has 0 unspecified atom stereocenters. The maximum atomic E-state index is 11.8. The molecule has 7 nitrogen and oxygen atoms in total. The van der Waals surface area contributed by atoms with Crippen molar-refractivity contribution < 1.29 is 8.42 Å². The van der Waals surface area contributed by atoms with Gasteiger partial charge >= 0.3 is 0 Å². The number of piperidine rings is 1. The Labute approximate surface area is 175 Å². The van der Waals surface area contributed by atoms with E-state index in [2.05, 4.69) is 28.8 Å². The highest BCUT2D eigenvalue weighted by Gasteiger charge is 2.43.